The van der Waals surface area contributed by atoms with Crippen LogP contribution in [0, 0.1) is 0 Å². The van der Waals surface area contributed by atoms with Crippen molar-refractivity contribution in [3.63, 3.8) is 0 Å². The van der Waals surface area contributed by atoms with E-state index >= 15 is 0 Å². The van der Waals surface area contributed by atoms with Gasteiger partial charge in [-0.05, 0) is 40.5 Å². The van der Waals surface area contributed by atoms with Crippen LogP contribution >= 0.6 is 0 Å². The van der Waals surface area contributed by atoms with E-state index in [-0.39, 0.29) is 12.1 Å². The molecule has 1 aliphatic heterocycles. The molecule has 6 nitrogen and oxygen atoms in total. The van der Waals surface area contributed by atoms with Gasteiger partial charge < -0.3 is 19.6 Å². The van der Waals surface area contributed by atoms with Crippen molar-refractivity contribution in [3.8, 4) is 0 Å². The fraction of sp³-hybridized carbons (Fsp3) is 0.857. The molecule has 0 spiro atoms. The Morgan fingerprint density at radius 2 is 1.95 bits per heavy atom. The molecule has 0 aromatic rings. The molecule has 116 valence electrons. The Morgan fingerprint density at radius 3 is 2.35 bits per heavy atom. The van der Waals surface area contributed by atoms with Crippen molar-refractivity contribution in [3.05, 3.63) is 0 Å². The monoisotopic (exact) mass is 286 g/mol. The molecule has 1 rings (SSSR count). The number of hydrogen-bond acceptors (Lipinski definition) is 3. The number of urea groups is 1. The minimum Gasteiger partial charge on any atom is -0.480 e. The Morgan fingerprint density at radius 1 is 1.30 bits per heavy atom. The number of ether oxygens (including phenoxy) is 1. The summed E-state index contributed by atoms with van der Waals surface area (Å²) in [6.45, 7) is 8.98. The molecule has 1 saturated heterocycles. The van der Waals surface area contributed by atoms with Gasteiger partial charge in [0, 0.05) is 26.2 Å². The number of carboxylic acid groups (broad SMARTS) is 1. The molecule has 0 radical (unpaired) electrons. The highest BCUT2D eigenvalue weighted by Gasteiger charge is 2.39. The molecule has 1 heterocycles. The van der Waals surface area contributed by atoms with Gasteiger partial charge in [0.2, 0.25) is 0 Å². The average Bonchev–Trinajstić information content (AvgIpc) is 2.88. The molecule has 0 bridgehead atoms. The van der Waals surface area contributed by atoms with Crippen LogP contribution in [0.25, 0.3) is 0 Å². The summed E-state index contributed by atoms with van der Waals surface area (Å²) in [5.74, 6) is -0.999. The van der Waals surface area contributed by atoms with E-state index < -0.39 is 11.5 Å². The van der Waals surface area contributed by atoms with Gasteiger partial charge >= 0.3 is 12.0 Å². The van der Waals surface area contributed by atoms with Crippen LogP contribution in [0.3, 0.4) is 0 Å². The summed E-state index contributed by atoms with van der Waals surface area (Å²) in [5.41, 5.74) is -1.21. The zero-order valence-electron chi connectivity index (χ0n) is 12.9. The number of carboxylic acids is 1. The minimum absolute atomic E-state index is 0.0746. The second kappa shape index (κ2) is 6.92. The van der Waals surface area contributed by atoms with Crippen LogP contribution in [-0.2, 0) is 9.53 Å². The van der Waals surface area contributed by atoms with E-state index in [0.717, 1.165) is 19.4 Å². The summed E-state index contributed by atoms with van der Waals surface area (Å²) in [5, 5.41) is 9.29. The maximum Gasteiger partial charge on any atom is 0.329 e. The molecule has 0 saturated carbocycles. The molecule has 0 aliphatic carbocycles. The topological polar surface area (TPSA) is 70.1 Å². The van der Waals surface area contributed by atoms with Crippen molar-refractivity contribution in [1.29, 1.82) is 0 Å². The lowest BCUT2D eigenvalue weighted by Crippen LogP contribution is -2.57. The van der Waals surface area contributed by atoms with Crippen molar-refractivity contribution in [2.75, 3.05) is 26.2 Å². The van der Waals surface area contributed by atoms with E-state index in [1.54, 1.807) is 25.7 Å². The molecule has 0 aromatic heterocycles. The molecule has 0 aromatic carbocycles. The van der Waals surface area contributed by atoms with E-state index in [9.17, 15) is 14.7 Å². The SMILES string of the molecule is CCN(CC1CCCO1)C(=O)N(CC)C(C)(C)C(=O)O. The molecule has 20 heavy (non-hydrogen) atoms. The smallest absolute Gasteiger partial charge is 0.329 e. The van der Waals surface area contributed by atoms with Gasteiger partial charge in [-0.2, -0.15) is 0 Å². The van der Waals surface area contributed by atoms with Gasteiger partial charge in [-0.3, -0.25) is 0 Å². The summed E-state index contributed by atoms with van der Waals surface area (Å²) in [6, 6.07) is -0.238. The van der Waals surface area contributed by atoms with Gasteiger partial charge in [0.1, 0.15) is 5.54 Å². The summed E-state index contributed by atoms with van der Waals surface area (Å²) in [6.07, 6.45) is 2.05. The standard InChI is InChI=1S/C14H26N2O4/c1-5-15(10-11-8-7-9-20-11)13(19)16(6-2)14(3,4)12(17)18/h11H,5-10H2,1-4H3,(H,17,18). The molecular weight excluding hydrogens is 260 g/mol. The Balaban J connectivity index is 2.78. The third kappa shape index (κ3) is 3.62. The highest BCUT2D eigenvalue weighted by molar-refractivity contribution is 5.85. The molecule has 1 N–H and O–H groups in total. The predicted molar refractivity (Wildman–Crippen MR) is 75.7 cm³/mol. The zero-order valence-corrected chi connectivity index (χ0v) is 12.9. The second-order valence-electron chi connectivity index (χ2n) is 5.56. The van der Waals surface area contributed by atoms with E-state index in [0.29, 0.717) is 19.6 Å². The number of carbonyl (C=O) groups excluding carboxylic acids is 1. The van der Waals surface area contributed by atoms with Crippen LogP contribution in [0.2, 0.25) is 0 Å². The lowest BCUT2D eigenvalue weighted by Gasteiger charge is -2.38. The number of hydrogen-bond donors (Lipinski definition) is 1. The normalized spacial score (nSPS) is 18.9. The number of carbonyl (C=O) groups is 2. The first-order valence-corrected chi connectivity index (χ1v) is 7.26. The quantitative estimate of drug-likeness (QED) is 0.808. The first kappa shape index (κ1) is 16.8. The first-order chi connectivity index (χ1) is 9.34. The van der Waals surface area contributed by atoms with Gasteiger partial charge in [-0.1, -0.05) is 0 Å². The number of likely N-dealkylation sites (N-methyl/N-ethyl adjacent to an activating group) is 2. The van der Waals surface area contributed by atoms with E-state index in [4.69, 9.17) is 4.74 Å². The van der Waals surface area contributed by atoms with Crippen molar-refractivity contribution in [2.45, 2.75) is 52.2 Å². The van der Waals surface area contributed by atoms with E-state index in [2.05, 4.69) is 0 Å². The minimum atomic E-state index is -1.21. The Hall–Kier alpha value is -1.30. The first-order valence-electron chi connectivity index (χ1n) is 7.26. The van der Waals surface area contributed by atoms with Crippen molar-refractivity contribution < 1.29 is 19.4 Å². The molecule has 2 amide bonds. The van der Waals surface area contributed by atoms with Gasteiger partial charge in [0.05, 0.1) is 6.10 Å². The summed E-state index contributed by atoms with van der Waals surface area (Å²) >= 11 is 0. The van der Waals surface area contributed by atoms with Gasteiger partial charge in [-0.25, -0.2) is 9.59 Å². The number of nitrogens with zero attached hydrogens (tertiary/aromatic N) is 2. The van der Waals surface area contributed by atoms with Crippen molar-refractivity contribution >= 4 is 12.0 Å². The number of aliphatic carboxylic acids is 1. The Kier molecular flexibility index (Phi) is 5.80. The van der Waals surface area contributed by atoms with Crippen LogP contribution in [0.1, 0.15) is 40.5 Å². The van der Waals surface area contributed by atoms with Gasteiger partial charge in [0.25, 0.3) is 0 Å². The maximum atomic E-state index is 12.6. The molecular formula is C14H26N2O4. The number of rotatable bonds is 6. The van der Waals surface area contributed by atoms with Crippen molar-refractivity contribution in [1.82, 2.24) is 9.80 Å². The Bertz CT molecular complexity index is 351. The third-order valence-electron chi connectivity index (χ3n) is 3.85. The van der Waals surface area contributed by atoms with Gasteiger partial charge in [-0.15, -0.1) is 0 Å². The van der Waals surface area contributed by atoms with Crippen LogP contribution in [0.5, 0.6) is 0 Å². The molecule has 1 aliphatic rings. The highest BCUT2D eigenvalue weighted by atomic mass is 16.5. The summed E-state index contributed by atoms with van der Waals surface area (Å²) < 4.78 is 5.55. The summed E-state index contributed by atoms with van der Waals surface area (Å²) in [7, 11) is 0. The summed E-state index contributed by atoms with van der Waals surface area (Å²) in [4.78, 5) is 27.0. The molecule has 6 heteroatoms. The van der Waals surface area contributed by atoms with E-state index in [1.807, 2.05) is 6.92 Å². The van der Waals surface area contributed by atoms with Crippen LogP contribution in [0.15, 0.2) is 0 Å². The lowest BCUT2D eigenvalue weighted by molar-refractivity contribution is -0.147. The van der Waals surface area contributed by atoms with Crippen molar-refractivity contribution in [2.24, 2.45) is 0 Å². The largest absolute Gasteiger partial charge is 0.480 e. The zero-order chi connectivity index (χ0) is 15.3. The second-order valence-corrected chi connectivity index (χ2v) is 5.56. The third-order valence-corrected chi connectivity index (χ3v) is 3.85. The lowest BCUT2D eigenvalue weighted by atomic mass is 10.0. The molecule has 1 atom stereocenters. The average molecular weight is 286 g/mol. The highest BCUT2D eigenvalue weighted by Crippen LogP contribution is 2.19. The molecule has 1 unspecified atom stereocenters. The predicted octanol–water partition coefficient (Wildman–Crippen LogP) is 1.79. The van der Waals surface area contributed by atoms with Gasteiger partial charge in [0.15, 0.2) is 0 Å². The fourth-order valence-corrected chi connectivity index (χ4v) is 2.43. The van der Waals surface area contributed by atoms with E-state index in [1.165, 1.54) is 4.90 Å². The fourth-order valence-electron chi connectivity index (χ4n) is 2.43. The Labute approximate surface area is 120 Å². The van der Waals surface area contributed by atoms with Crippen LogP contribution in [-0.4, -0.2) is 64.8 Å². The molecule has 1 fully saturated rings. The maximum absolute atomic E-state index is 12.6. The van der Waals surface area contributed by atoms with Crippen LogP contribution < -0.4 is 0 Å². The number of amides is 2. The van der Waals surface area contributed by atoms with Crippen LogP contribution in [0.4, 0.5) is 4.79 Å².